The first-order chi connectivity index (χ1) is 11.2. The van der Waals surface area contributed by atoms with E-state index in [1.807, 2.05) is 26.8 Å². The monoisotopic (exact) mass is 332 g/mol. The third-order valence-electron chi connectivity index (χ3n) is 4.99. The lowest BCUT2D eigenvalue weighted by atomic mass is 9.80. The third-order valence-corrected chi connectivity index (χ3v) is 4.99. The molecule has 0 unspecified atom stereocenters. The number of piperidine rings is 1. The maximum absolute atomic E-state index is 12.2. The van der Waals surface area contributed by atoms with Crippen molar-refractivity contribution in [1.82, 2.24) is 10.2 Å². The Kier molecular flexibility index (Phi) is 5.92. The molecule has 0 saturated carbocycles. The molecule has 1 aromatic rings. The number of hydrogen-bond acceptors (Lipinski definition) is 3. The highest BCUT2D eigenvalue weighted by Gasteiger charge is 2.38. The minimum atomic E-state index is -0.472. The molecule has 1 aliphatic rings. The van der Waals surface area contributed by atoms with Crippen molar-refractivity contribution in [2.24, 2.45) is 11.8 Å². The number of hydrogen-bond donors (Lipinski definition) is 1. The molecule has 24 heavy (non-hydrogen) atoms. The number of amides is 1. The minimum absolute atomic E-state index is 0.0901. The van der Waals surface area contributed by atoms with E-state index >= 15 is 0 Å². The van der Waals surface area contributed by atoms with Crippen LogP contribution in [0.25, 0.3) is 0 Å². The molecule has 1 fully saturated rings. The second-order valence-corrected chi connectivity index (χ2v) is 8.16. The van der Waals surface area contributed by atoms with Crippen LogP contribution in [0.2, 0.25) is 0 Å². The van der Waals surface area contributed by atoms with Crippen molar-refractivity contribution in [1.29, 1.82) is 0 Å². The van der Waals surface area contributed by atoms with Gasteiger partial charge in [0.25, 0.3) is 0 Å². The molecule has 1 aliphatic heterocycles. The number of carbonyl (C=O) groups is 1. The quantitative estimate of drug-likeness (QED) is 0.907. The second kappa shape index (κ2) is 7.56. The van der Waals surface area contributed by atoms with E-state index in [4.69, 9.17) is 4.74 Å². The summed E-state index contributed by atoms with van der Waals surface area (Å²) < 4.78 is 5.46. The van der Waals surface area contributed by atoms with E-state index in [0.717, 1.165) is 13.1 Å². The van der Waals surface area contributed by atoms with E-state index in [1.165, 1.54) is 5.56 Å². The highest BCUT2D eigenvalue weighted by atomic mass is 16.6. The van der Waals surface area contributed by atoms with Crippen LogP contribution < -0.4 is 5.32 Å². The average Bonchev–Trinajstić information content (AvgIpc) is 2.48. The topological polar surface area (TPSA) is 41.6 Å². The van der Waals surface area contributed by atoms with Crippen molar-refractivity contribution in [3.8, 4) is 0 Å². The molecule has 0 spiro atoms. The van der Waals surface area contributed by atoms with Gasteiger partial charge in [0.2, 0.25) is 0 Å². The number of ether oxygens (including phenoxy) is 1. The Morgan fingerprint density at radius 2 is 1.83 bits per heavy atom. The molecule has 0 bridgehead atoms. The smallest absolute Gasteiger partial charge is 0.407 e. The van der Waals surface area contributed by atoms with Crippen LogP contribution in [-0.2, 0) is 11.3 Å². The van der Waals surface area contributed by atoms with Gasteiger partial charge in [-0.2, -0.15) is 0 Å². The standard InChI is InChI=1S/C20H32N2O2/c1-14-12-22(13-17-10-8-7-9-11-17)16(3)18(15(14)2)21-19(23)24-20(4,5)6/h7-11,14-16,18H,12-13H2,1-6H3,(H,21,23)/t14-,15+,16-,18-/m1/s1. The van der Waals surface area contributed by atoms with Gasteiger partial charge in [-0.25, -0.2) is 4.79 Å². The first-order valence-corrected chi connectivity index (χ1v) is 8.95. The maximum Gasteiger partial charge on any atom is 0.407 e. The Bertz CT molecular complexity index is 538. The van der Waals surface area contributed by atoms with Crippen LogP contribution in [0, 0.1) is 11.8 Å². The summed E-state index contributed by atoms with van der Waals surface area (Å²) in [6, 6.07) is 10.9. The summed E-state index contributed by atoms with van der Waals surface area (Å²) in [6.07, 6.45) is -0.319. The summed E-state index contributed by atoms with van der Waals surface area (Å²) in [4.78, 5) is 14.7. The minimum Gasteiger partial charge on any atom is -0.444 e. The van der Waals surface area contributed by atoms with Crippen LogP contribution in [-0.4, -0.2) is 35.2 Å². The molecule has 4 atom stereocenters. The number of carbonyl (C=O) groups excluding carboxylic acids is 1. The molecule has 4 heteroatoms. The van der Waals surface area contributed by atoms with E-state index in [-0.39, 0.29) is 18.2 Å². The number of nitrogens with one attached hydrogen (secondary N) is 1. The van der Waals surface area contributed by atoms with Crippen molar-refractivity contribution in [3.63, 3.8) is 0 Å². The van der Waals surface area contributed by atoms with Gasteiger partial charge in [0.15, 0.2) is 0 Å². The van der Waals surface area contributed by atoms with Gasteiger partial charge in [-0.1, -0.05) is 44.2 Å². The van der Waals surface area contributed by atoms with E-state index in [2.05, 4.69) is 55.3 Å². The van der Waals surface area contributed by atoms with Crippen molar-refractivity contribution in [2.45, 2.75) is 65.8 Å². The molecule has 0 aliphatic carbocycles. The Morgan fingerprint density at radius 1 is 1.21 bits per heavy atom. The van der Waals surface area contributed by atoms with Gasteiger partial charge in [-0.3, -0.25) is 4.90 Å². The largest absolute Gasteiger partial charge is 0.444 e. The SMILES string of the molecule is C[C@@H]1[C@@H](NC(=O)OC(C)(C)C)[C@@H](C)N(Cc2ccccc2)C[C@H]1C. The van der Waals surface area contributed by atoms with Crippen LogP contribution in [0.15, 0.2) is 30.3 Å². The fourth-order valence-electron chi connectivity index (χ4n) is 3.44. The number of alkyl carbamates (subject to hydrolysis) is 1. The van der Waals surface area contributed by atoms with E-state index < -0.39 is 5.60 Å². The Hall–Kier alpha value is -1.55. The molecule has 134 valence electrons. The second-order valence-electron chi connectivity index (χ2n) is 8.16. The van der Waals surface area contributed by atoms with Crippen molar-refractivity contribution < 1.29 is 9.53 Å². The summed E-state index contributed by atoms with van der Waals surface area (Å²) in [5.41, 5.74) is 0.836. The molecule has 1 saturated heterocycles. The molecular weight excluding hydrogens is 300 g/mol. The van der Waals surface area contributed by atoms with Crippen molar-refractivity contribution in [3.05, 3.63) is 35.9 Å². The van der Waals surface area contributed by atoms with Gasteiger partial charge in [-0.15, -0.1) is 0 Å². The van der Waals surface area contributed by atoms with Crippen LogP contribution in [0.4, 0.5) is 4.79 Å². The third kappa shape index (κ3) is 4.97. The Morgan fingerprint density at radius 3 is 2.42 bits per heavy atom. The zero-order chi connectivity index (χ0) is 17.9. The molecule has 1 N–H and O–H groups in total. The number of benzene rings is 1. The zero-order valence-corrected chi connectivity index (χ0v) is 15.9. The summed E-state index contributed by atoms with van der Waals surface area (Å²) in [5, 5.41) is 3.12. The van der Waals surface area contributed by atoms with Crippen LogP contribution in [0.1, 0.15) is 47.1 Å². The van der Waals surface area contributed by atoms with Gasteiger partial charge >= 0.3 is 6.09 Å². The van der Waals surface area contributed by atoms with E-state index in [9.17, 15) is 4.79 Å². The lowest BCUT2D eigenvalue weighted by Gasteiger charge is -2.46. The predicted molar refractivity (Wildman–Crippen MR) is 97.8 cm³/mol. The molecule has 0 radical (unpaired) electrons. The van der Waals surface area contributed by atoms with Crippen LogP contribution >= 0.6 is 0 Å². The van der Waals surface area contributed by atoms with Gasteiger partial charge < -0.3 is 10.1 Å². The molecule has 0 aromatic heterocycles. The van der Waals surface area contributed by atoms with E-state index in [1.54, 1.807) is 0 Å². The zero-order valence-electron chi connectivity index (χ0n) is 15.9. The fourth-order valence-corrected chi connectivity index (χ4v) is 3.44. The van der Waals surface area contributed by atoms with Gasteiger partial charge in [0, 0.05) is 19.1 Å². The van der Waals surface area contributed by atoms with Crippen molar-refractivity contribution in [2.75, 3.05) is 6.54 Å². The lowest BCUT2D eigenvalue weighted by molar-refractivity contribution is 0.0197. The predicted octanol–water partition coefficient (Wildman–Crippen LogP) is 4.06. The van der Waals surface area contributed by atoms with Gasteiger partial charge in [-0.05, 0) is 45.1 Å². The summed E-state index contributed by atoms with van der Waals surface area (Å²) in [6.45, 7) is 14.3. The molecule has 2 rings (SSSR count). The normalized spacial score (nSPS) is 28.4. The molecular formula is C20H32N2O2. The van der Waals surface area contributed by atoms with Crippen molar-refractivity contribution >= 4 is 6.09 Å². The average molecular weight is 332 g/mol. The molecule has 4 nitrogen and oxygen atoms in total. The van der Waals surface area contributed by atoms with Gasteiger partial charge in [0.1, 0.15) is 5.60 Å². The first-order valence-electron chi connectivity index (χ1n) is 8.95. The van der Waals surface area contributed by atoms with Crippen LogP contribution in [0.3, 0.4) is 0 Å². The number of nitrogens with zero attached hydrogens (tertiary/aromatic N) is 1. The van der Waals surface area contributed by atoms with Gasteiger partial charge in [0.05, 0.1) is 6.04 Å². The van der Waals surface area contributed by atoms with E-state index in [0.29, 0.717) is 11.8 Å². The molecule has 1 aromatic carbocycles. The number of rotatable bonds is 3. The summed E-state index contributed by atoms with van der Waals surface area (Å²) >= 11 is 0. The fraction of sp³-hybridized carbons (Fsp3) is 0.650. The van der Waals surface area contributed by atoms with Crippen LogP contribution in [0.5, 0.6) is 0 Å². The Balaban J connectivity index is 2.07. The lowest BCUT2D eigenvalue weighted by Crippen LogP contribution is -2.60. The highest BCUT2D eigenvalue weighted by molar-refractivity contribution is 5.68. The molecule has 1 amide bonds. The first kappa shape index (κ1) is 18.8. The summed E-state index contributed by atoms with van der Waals surface area (Å²) in [7, 11) is 0. The number of likely N-dealkylation sites (tertiary alicyclic amines) is 1. The Labute approximate surface area is 146 Å². The summed E-state index contributed by atoms with van der Waals surface area (Å²) in [5.74, 6) is 0.935. The molecule has 1 heterocycles. The maximum atomic E-state index is 12.2. The highest BCUT2D eigenvalue weighted by Crippen LogP contribution is 2.29.